The SMILES string of the molecule is Cc1ccc(C(=O)NOCC(=O)O)c(=O)[nH]1. The molecule has 1 amide bonds. The molecule has 0 aliphatic rings. The molecule has 0 saturated heterocycles. The highest BCUT2D eigenvalue weighted by Gasteiger charge is 2.10. The lowest BCUT2D eigenvalue weighted by molar-refractivity contribution is -0.144. The predicted octanol–water partition coefficient (Wildman–Crippen LogP) is -0.571. The van der Waals surface area contributed by atoms with Crippen LogP contribution in [0.2, 0.25) is 0 Å². The van der Waals surface area contributed by atoms with Gasteiger partial charge in [-0.05, 0) is 19.1 Å². The molecular formula is C9H10N2O5. The first-order chi connectivity index (χ1) is 7.50. The Balaban J connectivity index is 2.66. The van der Waals surface area contributed by atoms with Crippen molar-refractivity contribution in [2.45, 2.75) is 6.92 Å². The summed E-state index contributed by atoms with van der Waals surface area (Å²) in [7, 11) is 0. The highest BCUT2D eigenvalue weighted by Crippen LogP contribution is 1.93. The van der Waals surface area contributed by atoms with Gasteiger partial charge in [-0.15, -0.1) is 0 Å². The minimum absolute atomic E-state index is 0.143. The number of amides is 1. The first kappa shape index (κ1) is 11.9. The number of carbonyl (C=O) groups is 2. The number of carboxylic acid groups (broad SMARTS) is 1. The minimum Gasteiger partial charge on any atom is -0.479 e. The van der Waals surface area contributed by atoms with Crippen LogP contribution >= 0.6 is 0 Å². The molecule has 0 bridgehead atoms. The van der Waals surface area contributed by atoms with Crippen LogP contribution in [0, 0.1) is 6.92 Å². The van der Waals surface area contributed by atoms with Crippen molar-refractivity contribution in [3.8, 4) is 0 Å². The zero-order valence-corrected chi connectivity index (χ0v) is 8.44. The molecule has 0 aromatic carbocycles. The summed E-state index contributed by atoms with van der Waals surface area (Å²) in [6, 6.07) is 2.88. The molecule has 0 saturated carbocycles. The molecule has 86 valence electrons. The first-order valence-corrected chi connectivity index (χ1v) is 4.34. The number of rotatable bonds is 4. The second kappa shape index (κ2) is 5.08. The molecule has 0 radical (unpaired) electrons. The third-order valence-corrected chi connectivity index (χ3v) is 1.66. The van der Waals surface area contributed by atoms with Crippen LogP contribution < -0.4 is 11.0 Å². The van der Waals surface area contributed by atoms with Crippen molar-refractivity contribution >= 4 is 11.9 Å². The normalized spacial score (nSPS) is 9.81. The van der Waals surface area contributed by atoms with Gasteiger partial charge in [0.1, 0.15) is 5.56 Å². The predicted molar refractivity (Wildman–Crippen MR) is 52.9 cm³/mol. The van der Waals surface area contributed by atoms with Crippen molar-refractivity contribution in [3.05, 3.63) is 33.7 Å². The smallest absolute Gasteiger partial charge is 0.332 e. The van der Waals surface area contributed by atoms with Crippen LogP contribution in [0.4, 0.5) is 0 Å². The van der Waals surface area contributed by atoms with Gasteiger partial charge in [-0.25, -0.2) is 10.3 Å². The van der Waals surface area contributed by atoms with Crippen molar-refractivity contribution in [1.29, 1.82) is 0 Å². The minimum atomic E-state index is -1.22. The molecule has 1 heterocycles. The second-order valence-corrected chi connectivity index (χ2v) is 3.00. The van der Waals surface area contributed by atoms with Gasteiger partial charge >= 0.3 is 5.97 Å². The number of aromatic nitrogens is 1. The van der Waals surface area contributed by atoms with Crippen molar-refractivity contribution in [3.63, 3.8) is 0 Å². The summed E-state index contributed by atoms with van der Waals surface area (Å²) >= 11 is 0. The average Bonchev–Trinajstić information content (AvgIpc) is 2.16. The van der Waals surface area contributed by atoms with E-state index in [4.69, 9.17) is 5.11 Å². The van der Waals surface area contributed by atoms with Crippen LogP contribution in [-0.4, -0.2) is 28.6 Å². The maximum absolute atomic E-state index is 11.3. The second-order valence-electron chi connectivity index (χ2n) is 3.00. The molecule has 7 heteroatoms. The number of aromatic amines is 1. The summed E-state index contributed by atoms with van der Waals surface area (Å²) in [6.07, 6.45) is 0. The van der Waals surface area contributed by atoms with E-state index in [1.165, 1.54) is 6.07 Å². The molecule has 3 N–H and O–H groups in total. The maximum Gasteiger partial charge on any atom is 0.332 e. The number of hydrogen-bond donors (Lipinski definition) is 3. The van der Waals surface area contributed by atoms with Crippen LogP contribution in [0.15, 0.2) is 16.9 Å². The number of hydroxylamine groups is 1. The number of H-pyrrole nitrogens is 1. The highest BCUT2D eigenvalue weighted by molar-refractivity contribution is 5.93. The van der Waals surface area contributed by atoms with Gasteiger partial charge in [0.2, 0.25) is 0 Å². The third kappa shape index (κ3) is 3.21. The van der Waals surface area contributed by atoms with Gasteiger partial charge < -0.3 is 10.1 Å². The van der Waals surface area contributed by atoms with E-state index in [0.29, 0.717) is 5.69 Å². The lowest BCUT2D eigenvalue weighted by Crippen LogP contribution is -2.31. The molecule has 0 fully saturated rings. The number of nitrogens with one attached hydrogen (secondary N) is 2. The van der Waals surface area contributed by atoms with Gasteiger partial charge in [0, 0.05) is 5.69 Å². The van der Waals surface area contributed by atoms with Gasteiger partial charge in [-0.3, -0.25) is 14.4 Å². The van der Waals surface area contributed by atoms with Crippen molar-refractivity contribution in [1.82, 2.24) is 10.5 Å². The molecule has 1 aromatic heterocycles. The number of carboxylic acids is 1. The lowest BCUT2D eigenvalue weighted by atomic mass is 10.2. The highest BCUT2D eigenvalue weighted by atomic mass is 16.7. The largest absolute Gasteiger partial charge is 0.479 e. The standard InChI is InChI=1S/C9H10N2O5/c1-5-2-3-6(8(14)10-5)9(15)11-16-4-7(12)13/h2-3H,4H2,1H3,(H,10,14)(H,11,15)(H,12,13). The fourth-order valence-corrected chi connectivity index (χ4v) is 0.969. The number of aliphatic carboxylic acids is 1. The van der Waals surface area contributed by atoms with E-state index >= 15 is 0 Å². The van der Waals surface area contributed by atoms with Crippen LogP contribution in [0.3, 0.4) is 0 Å². The Morgan fingerprint density at radius 2 is 2.19 bits per heavy atom. The van der Waals surface area contributed by atoms with E-state index in [0.717, 1.165) is 0 Å². The molecule has 1 aromatic rings. The van der Waals surface area contributed by atoms with Gasteiger partial charge in [0.25, 0.3) is 11.5 Å². The summed E-state index contributed by atoms with van der Waals surface area (Å²) < 4.78 is 0. The van der Waals surface area contributed by atoms with E-state index in [2.05, 4.69) is 9.82 Å². The molecular weight excluding hydrogens is 216 g/mol. The zero-order chi connectivity index (χ0) is 12.1. The fourth-order valence-electron chi connectivity index (χ4n) is 0.969. The summed E-state index contributed by atoms with van der Waals surface area (Å²) in [5.41, 5.74) is 1.77. The Labute approximate surface area is 90.0 Å². The molecule has 0 spiro atoms. The van der Waals surface area contributed by atoms with Gasteiger partial charge in [0.05, 0.1) is 0 Å². The van der Waals surface area contributed by atoms with Crippen LogP contribution in [-0.2, 0) is 9.63 Å². The topological polar surface area (TPSA) is 108 Å². The van der Waals surface area contributed by atoms with Gasteiger partial charge in [-0.1, -0.05) is 0 Å². The summed E-state index contributed by atoms with van der Waals surface area (Å²) in [6.45, 7) is 1.000. The van der Waals surface area contributed by atoms with Crippen molar-refractivity contribution in [2.75, 3.05) is 6.61 Å². The number of hydrogen-bond acceptors (Lipinski definition) is 4. The Bertz CT molecular complexity index is 465. The number of aryl methyl sites for hydroxylation is 1. The molecule has 0 atom stereocenters. The molecule has 1 rings (SSSR count). The monoisotopic (exact) mass is 226 g/mol. The van der Waals surface area contributed by atoms with E-state index < -0.39 is 24.0 Å². The lowest BCUT2D eigenvalue weighted by Gasteiger charge is -2.03. The Kier molecular flexibility index (Phi) is 3.78. The molecule has 0 aliphatic carbocycles. The van der Waals surface area contributed by atoms with Crippen LogP contribution in [0.1, 0.15) is 16.1 Å². The molecule has 16 heavy (non-hydrogen) atoms. The third-order valence-electron chi connectivity index (χ3n) is 1.66. The first-order valence-electron chi connectivity index (χ1n) is 4.34. The van der Waals surface area contributed by atoms with Crippen molar-refractivity contribution in [2.24, 2.45) is 0 Å². The fraction of sp³-hybridized carbons (Fsp3) is 0.222. The Morgan fingerprint density at radius 1 is 1.50 bits per heavy atom. The molecule has 0 aliphatic heterocycles. The van der Waals surface area contributed by atoms with E-state index in [9.17, 15) is 14.4 Å². The van der Waals surface area contributed by atoms with Gasteiger partial charge in [-0.2, -0.15) is 0 Å². The summed E-state index contributed by atoms with van der Waals surface area (Å²) in [5, 5.41) is 8.24. The van der Waals surface area contributed by atoms with E-state index in [-0.39, 0.29) is 5.56 Å². The number of pyridine rings is 1. The summed E-state index contributed by atoms with van der Waals surface area (Å²) in [4.78, 5) is 39.5. The van der Waals surface area contributed by atoms with Crippen LogP contribution in [0.5, 0.6) is 0 Å². The van der Waals surface area contributed by atoms with E-state index in [1.54, 1.807) is 13.0 Å². The molecule has 7 nitrogen and oxygen atoms in total. The van der Waals surface area contributed by atoms with Crippen molar-refractivity contribution < 1.29 is 19.5 Å². The van der Waals surface area contributed by atoms with E-state index in [1.807, 2.05) is 5.48 Å². The Morgan fingerprint density at radius 3 is 2.75 bits per heavy atom. The number of carbonyl (C=O) groups excluding carboxylic acids is 1. The van der Waals surface area contributed by atoms with Gasteiger partial charge in [0.15, 0.2) is 6.61 Å². The Hall–Kier alpha value is -2.15. The quantitative estimate of drug-likeness (QED) is 0.596. The zero-order valence-electron chi connectivity index (χ0n) is 8.44. The molecule has 0 unspecified atom stereocenters. The maximum atomic E-state index is 11.3. The summed E-state index contributed by atoms with van der Waals surface area (Å²) in [5.74, 6) is -2.01. The average molecular weight is 226 g/mol. The van der Waals surface area contributed by atoms with Crippen LogP contribution in [0.25, 0.3) is 0 Å².